The standard InChI is InChI=1S/C22H20N4O6S/c1-30-16-10-14(11-17(31-2)20(16)32-3)6-9-19-23-22-25(24-19)21(27)18(33-22)12-13-4-7-15(8-5-13)26(28)29/h4-5,7-8,10-12H,6,9H2,1-3H3/b18-12-. The first-order valence-corrected chi connectivity index (χ1v) is 10.7. The summed E-state index contributed by atoms with van der Waals surface area (Å²) < 4.78 is 17.9. The molecule has 170 valence electrons. The Hall–Kier alpha value is -3.99. The third kappa shape index (κ3) is 4.48. The lowest BCUT2D eigenvalue weighted by molar-refractivity contribution is -0.384. The fraction of sp³-hybridized carbons (Fsp3) is 0.227. The van der Waals surface area contributed by atoms with Gasteiger partial charge < -0.3 is 14.2 Å². The van der Waals surface area contributed by atoms with Crippen molar-refractivity contribution in [1.82, 2.24) is 14.6 Å². The summed E-state index contributed by atoms with van der Waals surface area (Å²) in [7, 11) is 4.68. The average molecular weight is 468 g/mol. The number of hydrogen-bond donors (Lipinski definition) is 0. The molecule has 4 rings (SSSR count). The minimum absolute atomic E-state index is 0.00566. The second-order valence-electron chi connectivity index (χ2n) is 7.02. The average Bonchev–Trinajstić information content (AvgIpc) is 3.35. The third-order valence-electron chi connectivity index (χ3n) is 4.99. The molecular formula is C22H20N4O6S. The van der Waals surface area contributed by atoms with Crippen LogP contribution in [0.2, 0.25) is 0 Å². The van der Waals surface area contributed by atoms with Crippen LogP contribution in [0, 0.1) is 10.1 Å². The van der Waals surface area contributed by atoms with Gasteiger partial charge >= 0.3 is 0 Å². The fourth-order valence-electron chi connectivity index (χ4n) is 3.36. The van der Waals surface area contributed by atoms with E-state index >= 15 is 0 Å². The maximum Gasteiger partial charge on any atom is 0.291 e. The van der Waals surface area contributed by atoms with Crippen LogP contribution in [0.15, 0.2) is 41.2 Å². The number of nitro groups is 1. The van der Waals surface area contributed by atoms with Crippen molar-refractivity contribution in [2.24, 2.45) is 0 Å². The first-order valence-electron chi connectivity index (χ1n) is 9.87. The van der Waals surface area contributed by atoms with E-state index < -0.39 is 4.92 Å². The van der Waals surface area contributed by atoms with Crippen LogP contribution in [0.4, 0.5) is 5.69 Å². The molecule has 0 radical (unpaired) electrons. The SMILES string of the molecule is COc1cc(CCc2nc3s/c(=C\c4ccc([N+](=O)[O-])cc4)c(=O)n3n2)cc(OC)c1OC. The number of nitrogens with zero attached hydrogens (tertiary/aromatic N) is 4. The van der Waals surface area contributed by atoms with Crippen molar-refractivity contribution in [3.63, 3.8) is 0 Å². The van der Waals surface area contributed by atoms with Crippen molar-refractivity contribution in [2.45, 2.75) is 12.8 Å². The van der Waals surface area contributed by atoms with Crippen LogP contribution in [0.1, 0.15) is 17.0 Å². The molecule has 0 fully saturated rings. The molecule has 0 aliphatic carbocycles. The van der Waals surface area contributed by atoms with Gasteiger partial charge in [-0.05, 0) is 47.9 Å². The number of non-ortho nitro benzene ring substituents is 1. The molecular weight excluding hydrogens is 448 g/mol. The molecule has 0 amide bonds. The molecule has 2 aromatic carbocycles. The predicted molar refractivity (Wildman–Crippen MR) is 123 cm³/mol. The largest absolute Gasteiger partial charge is 0.493 e. The zero-order chi connectivity index (χ0) is 23.5. The van der Waals surface area contributed by atoms with E-state index in [9.17, 15) is 14.9 Å². The summed E-state index contributed by atoms with van der Waals surface area (Å²) >= 11 is 1.22. The van der Waals surface area contributed by atoms with Gasteiger partial charge in [0.05, 0.1) is 30.8 Å². The van der Waals surface area contributed by atoms with E-state index in [2.05, 4.69) is 10.1 Å². The topological polar surface area (TPSA) is 118 Å². The van der Waals surface area contributed by atoms with Crippen LogP contribution < -0.4 is 24.3 Å². The Kier molecular flexibility index (Phi) is 6.22. The normalized spacial score (nSPS) is 11.7. The number of benzene rings is 2. The lowest BCUT2D eigenvalue weighted by atomic mass is 10.1. The van der Waals surface area contributed by atoms with E-state index in [0.717, 1.165) is 5.56 Å². The highest BCUT2D eigenvalue weighted by Gasteiger charge is 2.15. The summed E-state index contributed by atoms with van der Waals surface area (Å²) in [5.74, 6) is 2.21. The van der Waals surface area contributed by atoms with Gasteiger partial charge in [0.2, 0.25) is 10.7 Å². The summed E-state index contributed by atoms with van der Waals surface area (Å²) in [5, 5.41) is 15.1. The number of nitro benzene ring substituents is 1. The Morgan fingerprint density at radius 2 is 1.73 bits per heavy atom. The van der Waals surface area contributed by atoms with E-state index in [1.54, 1.807) is 39.5 Å². The van der Waals surface area contributed by atoms with Crippen molar-refractivity contribution in [1.29, 1.82) is 0 Å². The van der Waals surface area contributed by atoms with E-state index in [1.807, 2.05) is 12.1 Å². The molecule has 0 aliphatic heterocycles. The molecule has 10 nitrogen and oxygen atoms in total. The van der Waals surface area contributed by atoms with Gasteiger partial charge in [0.15, 0.2) is 17.3 Å². The van der Waals surface area contributed by atoms with E-state index in [0.29, 0.717) is 51.0 Å². The summed E-state index contributed by atoms with van der Waals surface area (Å²) in [6, 6.07) is 9.72. The molecule has 2 aromatic heterocycles. The lowest BCUT2D eigenvalue weighted by Gasteiger charge is -2.13. The van der Waals surface area contributed by atoms with Gasteiger partial charge in [0.25, 0.3) is 11.2 Å². The van der Waals surface area contributed by atoms with Crippen LogP contribution >= 0.6 is 11.3 Å². The molecule has 0 atom stereocenters. The molecule has 0 bridgehead atoms. The highest BCUT2D eigenvalue weighted by atomic mass is 32.1. The number of rotatable bonds is 8. The Balaban J connectivity index is 1.55. The van der Waals surface area contributed by atoms with Crippen molar-refractivity contribution in [3.8, 4) is 17.2 Å². The Bertz CT molecular complexity index is 1400. The number of aromatic nitrogens is 3. The van der Waals surface area contributed by atoms with Crippen molar-refractivity contribution in [3.05, 3.63) is 78.3 Å². The Morgan fingerprint density at radius 3 is 2.27 bits per heavy atom. The minimum Gasteiger partial charge on any atom is -0.493 e. The zero-order valence-electron chi connectivity index (χ0n) is 18.1. The highest BCUT2D eigenvalue weighted by Crippen LogP contribution is 2.38. The van der Waals surface area contributed by atoms with Crippen LogP contribution in [0.5, 0.6) is 17.2 Å². The van der Waals surface area contributed by atoms with Gasteiger partial charge in [0.1, 0.15) is 0 Å². The van der Waals surface area contributed by atoms with Crippen molar-refractivity contribution >= 4 is 28.1 Å². The van der Waals surface area contributed by atoms with Crippen LogP contribution in [-0.2, 0) is 12.8 Å². The van der Waals surface area contributed by atoms with Gasteiger partial charge in [0, 0.05) is 18.6 Å². The lowest BCUT2D eigenvalue weighted by Crippen LogP contribution is -2.23. The molecule has 0 N–H and O–H groups in total. The molecule has 0 saturated heterocycles. The maximum atomic E-state index is 12.7. The number of aryl methyl sites for hydroxylation is 2. The van der Waals surface area contributed by atoms with Gasteiger partial charge in [-0.1, -0.05) is 11.3 Å². The quantitative estimate of drug-likeness (QED) is 0.286. The van der Waals surface area contributed by atoms with Crippen LogP contribution in [0.3, 0.4) is 0 Å². The number of fused-ring (bicyclic) bond motifs is 1. The first-order chi connectivity index (χ1) is 15.9. The monoisotopic (exact) mass is 468 g/mol. The second-order valence-corrected chi connectivity index (χ2v) is 8.03. The number of ether oxygens (including phenoxy) is 3. The fourth-order valence-corrected chi connectivity index (χ4v) is 4.29. The Labute approximate surface area is 191 Å². The van der Waals surface area contributed by atoms with E-state index in [1.165, 1.54) is 28.0 Å². The summed E-state index contributed by atoms with van der Waals surface area (Å²) in [4.78, 5) is 28.0. The number of thiazole rings is 1. The molecule has 11 heteroatoms. The predicted octanol–water partition coefficient (Wildman–Crippen LogP) is 2.42. The van der Waals surface area contributed by atoms with Crippen LogP contribution in [0.25, 0.3) is 11.0 Å². The number of methoxy groups -OCH3 is 3. The van der Waals surface area contributed by atoms with Gasteiger partial charge in [-0.3, -0.25) is 14.9 Å². The smallest absolute Gasteiger partial charge is 0.291 e. The highest BCUT2D eigenvalue weighted by molar-refractivity contribution is 7.15. The van der Waals surface area contributed by atoms with Crippen molar-refractivity contribution in [2.75, 3.05) is 21.3 Å². The molecule has 0 spiro atoms. The molecule has 2 heterocycles. The van der Waals surface area contributed by atoms with Crippen molar-refractivity contribution < 1.29 is 19.1 Å². The molecule has 0 aliphatic rings. The first kappa shape index (κ1) is 22.2. The third-order valence-corrected chi connectivity index (χ3v) is 5.95. The van der Waals surface area contributed by atoms with Gasteiger partial charge in [-0.15, -0.1) is 5.10 Å². The summed E-state index contributed by atoms with van der Waals surface area (Å²) in [6.45, 7) is 0. The molecule has 0 saturated carbocycles. The van der Waals surface area contributed by atoms with E-state index in [4.69, 9.17) is 14.2 Å². The second kappa shape index (κ2) is 9.25. The Morgan fingerprint density at radius 1 is 1.06 bits per heavy atom. The zero-order valence-corrected chi connectivity index (χ0v) is 18.9. The summed E-state index contributed by atoms with van der Waals surface area (Å²) in [5.41, 5.74) is 1.36. The maximum absolute atomic E-state index is 12.7. The van der Waals surface area contributed by atoms with Gasteiger partial charge in [-0.25, -0.2) is 4.98 Å². The molecule has 33 heavy (non-hydrogen) atoms. The van der Waals surface area contributed by atoms with Crippen LogP contribution in [-0.4, -0.2) is 40.9 Å². The summed E-state index contributed by atoms with van der Waals surface area (Å²) in [6.07, 6.45) is 2.81. The minimum atomic E-state index is -0.467. The molecule has 4 aromatic rings. The van der Waals surface area contributed by atoms with Gasteiger partial charge in [-0.2, -0.15) is 4.52 Å². The number of hydrogen-bond acceptors (Lipinski definition) is 9. The van der Waals surface area contributed by atoms with E-state index in [-0.39, 0.29) is 11.2 Å². The molecule has 0 unspecified atom stereocenters.